The number of methoxy groups -OCH3 is 1. The molecule has 10 heteroatoms. The van der Waals surface area contributed by atoms with E-state index >= 15 is 0 Å². The molecule has 2 heterocycles. The average molecular weight is 420 g/mol. The zero-order valence-corrected chi connectivity index (χ0v) is 17.0. The highest BCUT2D eigenvalue weighted by Gasteiger charge is 2.48. The molecule has 1 aromatic carbocycles. The van der Waals surface area contributed by atoms with Gasteiger partial charge >= 0.3 is 0 Å². The summed E-state index contributed by atoms with van der Waals surface area (Å²) in [5, 5.41) is 6.25. The molecule has 0 atom stereocenters. The van der Waals surface area contributed by atoms with Gasteiger partial charge in [0.1, 0.15) is 0 Å². The van der Waals surface area contributed by atoms with Gasteiger partial charge in [-0.1, -0.05) is 23.5 Å². The van der Waals surface area contributed by atoms with Gasteiger partial charge in [-0.2, -0.15) is 0 Å². The van der Waals surface area contributed by atoms with Crippen LogP contribution in [0.5, 0.6) is 0 Å². The lowest BCUT2D eigenvalue weighted by Gasteiger charge is -2.33. The maximum atomic E-state index is 12.8. The van der Waals surface area contributed by atoms with E-state index in [0.717, 1.165) is 22.0 Å². The quantitative estimate of drug-likeness (QED) is 0.768. The third-order valence-electron chi connectivity index (χ3n) is 4.56. The van der Waals surface area contributed by atoms with Gasteiger partial charge in [0, 0.05) is 18.9 Å². The second-order valence-corrected chi connectivity index (χ2v) is 9.54. The minimum Gasteiger partial charge on any atom is -0.380 e. The molecular weight excluding hydrogens is 398 g/mol. The summed E-state index contributed by atoms with van der Waals surface area (Å²) in [4.78, 5) is 17.3. The second kappa shape index (κ2) is 8.18. The van der Waals surface area contributed by atoms with E-state index in [1.54, 1.807) is 7.11 Å². The van der Waals surface area contributed by atoms with Crippen molar-refractivity contribution >= 4 is 54.8 Å². The van der Waals surface area contributed by atoms with Gasteiger partial charge in [0.05, 0.1) is 16.8 Å². The van der Waals surface area contributed by atoms with Crippen molar-refractivity contribution in [3.8, 4) is 0 Å². The van der Waals surface area contributed by atoms with E-state index in [1.807, 2.05) is 18.2 Å². The number of carbonyl (C=O) groups excluding carboxylic acids is 1. The number of ether oxygens (including phenoxy) is 1. The Hall–Kier alpha value is -1.26. The lowest BCUT2D eigenvalue weighted by atomic mass is 9.96. The molecule has 1 saturated heterocycles. The van der Waals surface area contributed by atoms with Gasteiger partial charge in [-0.25, -0.2) is 13.4 Å². The zero-order chi connectivity index (χ0) is 18.1. The number of para-hydroxylation sites is 1. The molecule has 0 bridgehead atoms. The molecule has 144 valence electrons. The van der Waals surface area contributed by atoms with Crippen LogP contribution in [0.2, 0.25) is 0 Å². The molecule has 0 radical (unpaired) electrons. The van der Waals surface area contributed by atoms with Crippen molar-refractivity contribution in [2.75, 3.05) is 31.8 Å². The molecule has 3 rings (SSSR count). The number of halogens is 1. The average Bonchev–Trinajstić information content (AvgIpc) is 2.98. The number of carbonyl (C=O) groups is 1. The fourth-order valence-electron chi connectivity index (χ4n) is 3.14. The largest absolute Gasteiger partial charge is 0.380 e. The number of aromatic nitrogens is 1. The normalized spacial score (nSPS) is 16.8. The molecular formula is C16H22ClN3O4S2. The van der Waals surface area contributed by atoms with Crippen LogP contribution in [-0.2, 0) is 26.0 Å². The highest BCUT2D eigenvalue weighted by atomic mass is 35.5. The molecule has 1 fully saturated rings. The van der Waals surface area contributed by atoms with Crippen molar-refractivity contribution < 1.29 is 17.9 Å². The van der Waals surface area contributed by atoms with Crippen LogP contribution in [0.1, 0.15) is 18.4 Å². The van der Waals surface area contributed by atoms with Crippen molar-refractivity contribution in [2.24, 2.45) is 0 Å². The molecule has 7 nitrogen and oxygen atoms in total. The van der Waals surface area contributed by atoms with Gasteiger partial charge in [0.2, 0.25) is 5.91 Å². The van der Waals surface area contributed by atoms with Gasteiger partial charge < -0.3 is 15.4 Å². The van der Waals surface area contributed by atoms with Crippen molar-refractivity contribution in [3.05, 3.63) is 23.8 Å². The first-order chi connectivity index (χ1) is 11.9. The molecule has 1 amide bonds. The van der Waals surface area contributed by atoms with E-state index < -0.39 is 20.5 Å². The van der Waals surface area contributed by atoms with E-state index in [-0.39, 0.29) is 25.2 Å². The Morgan fingerprint density at radius 1 is 1.38 bits per heavy atom. The molecule has 26 heavy (non-hydrogen) atoms. The zero-order valence-electron chi connectivity index (χ0n) is 14.6. The highest BCUT2D eigenvalue weighted by Crippen LogP contribution is 2.32. The van der Waals surface area contributed by atoms with Crippen LogP contribution in [0.4, 0.5) is 5.13 Å². The van der Waals surface area contributed by atoms with Crippen LogP contribution < -0.4 is 10.6 Å². The lowest BCUT2D eigenvalue weighted by molar-refractivity contribution is -0.119. The SMILES string of the molecule is COCc1cccc2sc(NC(=O)C3(S(C)(=O)=O)CCNCC3)nc12.Cl. The number of hydrogen-bond donors (Lipinski definition) is 2. The summed E-state index contributed by atoms with van der Waals surface area (Å²) in [5.41, 5.74) is 1.69. The molecule has 1 aromatic heterocycles. The number of piperidine rings is 1. The number of fused-ring (bicyclic) bond motifs is 1. The number of hydrogen-bond acceptors (Lipinski definition) is 7. The van der Waals surface area contributed by atoms with E-state index in [4.69, 9.17) is 4.74 Å². The van der Waals surface area contributed by atoms with Gasteiger partial charge in [-0.05, 0) is 32.0 Å². The molecule has 2 N–H and O–H groups in total. The third kappa shape index (κ3) is 3.86. The first-order valence-electron chi connectivity index (χ1n) is 7.96. The minimum atomic E-state index is -3.55. The van der Waals surface area contributed by atoms with Crippen LogP contribution in [-0.4, -0.2) is 50.5 Å². The highest BCUT2D eigenvalue weighted by molar-refractivity contribution is 7.92. The molecule has 0 saturated carbocycles. The molecule has 0 unspecified atom stereocenters. The number of nitrogens with one attached hydrogen (secondary N) is 2. The number of sulfone groups is 1. The third-order valence-corrected chi connectivity index (χ3v) is 7.51. The minimum absolute atomic E-state index is 0. The topological polar surface area (TPSA) is 97.4 Å². The first-order valence-corrected chi connectivity index (χ1v) is 10.7. The Morgan fingerprint density at radius 3 is 2.69 bits per heavy atom. The maximum absolute atomic E-state index is 12.8. The monoisotopic (exact) mass is 419 g/mol. The Balaban J connectivity index is 0.00000243. The van der Waals surface area contributed by atoms with Crippen molar-refractivity contribution in [3.63, 3.8) is 0 Å². The standard InChI is InChI=1S/C16H21N3O4S2.ClH/c1-23-10-11-4-3-5-12-13(11)18-15(24-12)19-14(20)16(25(2,21)22)6-8-17-9-7-16;/h3-5,17H,6-10H2,1-2H3,(H,18,19,20);1H. The molecule has 1 aliphatic rings. The van der Waals surface area contributed by atoms with Crippen LogP contribution in [0, 0.1) is 0 Å². The summed E-state index contributed by atoms with van der Waals surface area (Å²) in [6.07, 6.45) is 1.65. The second-order valence-electron chi connectivity index (χ2n) is 6.19. The Labute approximate surface area is 162 Å². The summed E-state index contributed by atoms with van der Waals surface area (Å²) in [6.45, 7) is 1.42. The molecule has 1 aliphatic heterocycles. The van der Waals surface area contributed by atoms with E-state index in [1.165, 1.54) is 11.3 Å². The number of nitrogens with zero attached hydrogens (tertiary/aromatic N) is 1. The van der Waals surface area contributed by atoms with Gasteiger partial charge in [0.15, 0.2) is 19.7 Å². The summed E-state index contributed by atoms with van der Waals surface area (Å²) >= 11 is 1.33. The fourth-order valence-corrected chi connectivity index (χ4v) is 5.38. The number of amides is 1. The van der Waals surface area contributed by atoms with Crippen molar-refractivity contribution in [1.29, 1.82) is 0 Å². The van der Waals surface area contributed by atoms with Gasteiger partial charge in [-0.15, -0.1) is 12.4 Å². The van der Waals surface area contributed by atoms with Gasteiger partial charge in [-0.3, -0.25) is 4.79 Å². The molecule has 2 aromatic rings. The lowest BCUT2D eigenvalue weighted by Crippen LogP contribution is -2.55. The summed E-state index contributed by atoms with van der Waals surface area (Å²) in [5.74, 6) is -0.496. The summed E-state index contributed by atoms with van der Waals surface area (Å²) in [7, 11) is -1.94. The Kier molecular flexibility index (Phi) is 6.62. The van der Waals surface area contributed by atoms with Crippen molar-refractivity contribution in [2.45, 2.75) is 24.2 Å². The molecule has 0 spiro atoms. The summed E-state index contributed by atoms with van der Waals surface area (Å²) < 4.78 is 29.4. The number of anilines is 1. The smallest absolute Gasteiger partial charge is 0.247 e. The Bertz CT molecular complexity index is 892. The number of benzene rings is 1. The van der Waals surface area contributed by atoms with Crippen molar-refractivity contribution in [1.82, 2.24) is 10.3 Å². The maximum Gasteiger partial charge on any atom is 0.247 e. The number of rotatable bonds is 5. The summed E-state index contributed by atoms with van der Waals surface area (Å²) in [6, 6.07) is 5.74. The predicted molar refractivity (Wildman–Crippen MR) is 106 cm³/mol. The fraction of sp³-hybridized carbons (Fsp3) is 0.500. The Morgan fingerprint density at radius 2 is 2.08 bits per heavy atom. The van der Waals surface area contributed by atoms with Crippen LogP contribution in [0.25, 0.3) is 10.2 Å². The first kappa shape index (κ1) is 21.0. The van der Waals surface area contributed by atoms with E-state index in [9.17, 15) is 13.2 Å². The predicted octanol–water partition coefficient (Wildman–Crippen LogP) is 1.97. The van der Waals surface area contributed by atoms with Gasteiger partial charge in [0.25, 0.3) is 0 Å². The number of thiazole rings is 1. The van der Waals surface area contributed by atoms with E-state index in [2.05, 4.69) is 15.6 Å². The van der Waals surface area contributed by atoms with Crippen LogP contribution >= 0.6 is 23.7 Å². The molecule has 0 aliphatic carbocycles. The van der Waals surface area contributed by atoms with E-state index in [0.29, 0.717) is 24.8 Å². The van der Waals surface area contributed by atoms with Crippen LogP contribution in [0.15, 0.2) is 18.2 Å². The van der Waals surface area contributed by atoms with Crippen LogP contribution in [0.3, 0.4) is 0 Å².